The summed E-state index contributed by atoms with van der Waals surface area (Å²) in [6, 6.07) is 69.8. The van der Waals surface area contributed by atoms with Crippen LogP contribution in [-0.2, 0) is 0 Å². The van der Waals surface area contributed by atoms with Crippen LogP contribution < -0.4 is 0 Å². The summed E-state index contributed by atoms with van der Waals surface area (Å²) < 4.78 is 17.7. The normalized spacial score (nSPS) is 12.1. The zero-order valence-electron chi connectivity index (χ0n) is 31.2. The lowest BCUT2D eigenvalue weighted by Crippen LogP contribution is -2.00. The van der Waals surface area contributed by atoms with E-state index in [0.29, 0.717) is 0 Å². The number of fused-ring (bicyclic) bond motifs is 12. The first-order chi connectivity index (χ1) is 28.7. The highest BCUT2D eigenvalue weighted by Gasteiger charge is 2.20. The largest absolute Gasteiger partial charge is 0.456 e. The Kier molecular flexibility index (Phi) is 6.41. The molecule has 0 aliphatic carbocycles. The lowest BCUT2D eigenvalue weighted by atomic mass is 10.0. The Morgan fingerprint density at radius 1 is 0.276 bits per heavy atom. The molecule has 270 valence electrons. The molecule has 0 amide bonds. The van der Waals surface area contributed by atoms with Crippen LogP contribution >= 0.6 is 0 Å². The highest BCUT2D eigenvalue weighted by Crippen LogP contribution is 2.42. The molecular formula is C54H32N2O2. The van der Waals surface area contributed by atoms with Gasteiger partial charge in [-0.2, -0.15) is 0 Å². The van der Waals surface area contributed by atoms with Gasteiger partial charge in [-0.05, 0) is 89.5 Å². The number of hydrogen-bond donors (Lipinski definition) is 0. The Morgan fingerprint density at radius 3 is 1.40 bits per heavy atom. The van der Waals surface area contributed by atoms with Crippen molar-refractivity contribution in [2.24, 2.45) is 0 Å². The summed E-state index contributed by atoms with van der Waals surface area (Å²) in [5, 5.41) is 9.37. The first kappa shape index (κ1) is 31.4. The van der Waals surface area contributed by atoms with E-state index < -0.39 is 0 Å². The Labute approximate surface area is 332 Å². The van der Waals surface area contributed by atoms with Gasteiger partial charge >= 0.3 is 0 Å². The van der Waals surface area contributed by atoms with Crippen molar-refractivity contribution in [2.75, 3.05) is 0 Å². The summed E-state index contributed by atoms with van der Waals surface area (Å²) in [5.74, 6) is 0. The number of nitrogens with zero attached hydrogens (tertiary/aromatic N) is 2. The fourth-order valence-electron chi connectivity index (χ4n) is 9.52. The van der Waals surface area contributed by atoms with Gasteiger partial charge < -0.3 is 18.0 Å². The van der Waals surface area contributed by atoms with Gasteiger partial charge in [0.15, 0.2) is 0 Å². The van der Waals surface area contributed by atoms with Crippen molar-refractivity contribution in [1.29, 1.82) is 0 Å². The highest BCUT2D eigenvalue weighted by molar-refractivity contribution is 6.13. The van der Waals surface area contributed by atoms with E-state index in [1.807, 2.05) is 18.2 Å². The minimum Gasteiger partial charge on any atom is -0.456 e. The average molecular weight is 741 g/mol. The molecule has 0 atom stereocenters. The van der Waals surface area contributed by atoms with E-state index in [4.69, 9.17) is 8.83 Å². The molecule has 0 aliphatic heterocycles. The smallest absolute Gasteiger partial charge is 0.143 e. The van der Waals surface area contributed by atoms with Crippen LogP contribution in [0.2, 0.25) is 0 Å². The number of hydrogen-bond acceptors (Lipinski definition) is 2. The van der Waals surface area contributed by atoms with Crippen molar-refractivity contribution in [3.8, 4) is 33.6 Å². The second-order valence-electron chi connectivity index (χ2n) is 15.3. The molecule has 13 rings (SSSR count). The third-order valence-electron chi connectivity index (χ3n) is 12.1. The quantitative estimate of drug-likeness (QED) is 0.180. The van der Waals surface area contributed by atoms with Crippen LogP contribution in [0.3, 0.4) is 0 Å². The standard InChI is InChI=1S/C54H32N2O2/c1-6-19-47-39(12-1)40-13-2-7-20-48(40)55(47)36-28-35(38-17-11-18-44-42-15-4-10-23-52(42)58-54(38)44)29-37(32-36)56-49-21-8-3-14-41(49)45-30-33(24-26-50(45)56)34-25-27-53-46(31-34)43-16-5-9-22-51(43)57-53/h1-32H. The van der Waals surface area contributed by atoms with E-state index in [2.05, 4.69) is 185 Å². The van der Waals surface area contributed by atoms with Crippen LogP contribution in [0.5, 0.6) is 0 Å². The first-order valence-electron chi connectivity index (χ1n) is 19.7. The van der Waals surface area contributed by atoms with Gasteiger partial charge in [0, 0.05) is 60.0 Å². The molecular weight excluding hydrogens is 709 g/mol. The number of aromatic nitrogens is 2. The molecule has 13 aromatic rings. The minimum absolute atomic E-state index is 0.891. The molecule has 0 saturated heterocycles. The van der Waals surface area contributed by atoms with Crippen molar-refractivity contribution < 1.29 is 8.83 Å². The van der Waals surface area contributed by atoms with Crippen LogP contribution in [0.25, 0.3) is 121 Å². The molecule has 4 heterocycles. The van der Waals surface area contributed by atoms with Gasteiger partial charge in [0.2, 0.25) is 0 Å². The summed E-state index contributed by atoms with van der Waals surface area (Å²) in [6.45, 7) is 0. The van der Waals surface area contributed by atoms with Crippen molar-refractivity contribution >= 4 is 87.5 Å². The summed E-state index contributed by atoms with van der Waals surface area (Å²) in [4.78, 5) is 0. The topological polar surface area (TPSA) is 36.1 Å². The van der Waals surface area contributed by atoms with Gasteiger partial charge in [0.05, 0.1) is 22.1 Å². The Hall–Kier alpha value is -7.82. The molecule has 0 spiro atoms. The SMILES string of the molecule is c1ccc2c(c1)oc1ccc(-c3ccc4c(c3)c3ccccc3n4-c3cc(-c4cccc5c4oc4ccccc45)cc(-n4c5ccccc5c5ccccc54)c3)cc12. The molecule has 0 saturated carbocycles. The molecule has 4 nitrogen and oxygen atoms in total. The lowest BCUT2D eigenvalue weighted by molar-refractivity contribution is 0.669. The van der Waals surface area contributed by atoms with Gasteiger partial charge in [-0.1, -0.05) is 121 Å². The zero-order chi connectivity index (χ0) is 37.9. The van der Waals surface area contributed by atoms with Gasteiger partial charge in [0.1, 0.15) is 22.3 Å². The van der Waals surface area contributed by atoms with Crippen molar-refractivity contribution in [3.05, 3.63) is 194 Å². The monoisotopic (exact) mass is 740 g/mol. The molecule has 58 heavy (non-hydrogen) atoms. The predicted molar refractivity (Wildman–Crippen MR) is 241 cm³/mol. The second kappa shape index (κ2) is 11.8. The summed E-state index contributed by atoms with van der Waals surface area (Å²) in [7, 11) is 0. The fourth-order valence-corrected chi connectivity index (χ4v) is 9.52. The lowest BCUT2D eigenvalue weighted by Gasteiger charge is -2.16. The van der Waals surface area contributed by atoms with E-state index in [0.717, 1.165) is 83.0 Å². The van der Waals surface area contributed by atoms with Gasteiger partial charge in [0.25, 0.3) is 0 Å². The maximum atomic E-state index is 6.66. The highest BCUT2D eigenvalue weighted by atomic mass is 16.3. The van der Waals surface area contributed by atoms with Crippen LogP contribution in [0.1, 0.15) is 0 Å². The summed E-state index contributed by atoms with van der Waals surface area (Å²) in [6.07, 6.45) is 0. The van der Waals surface area contributed by atoms with Crippen molar-refractivity contribution in [2.45, 2.75) is 0 Å². The van der Waals surface area contributed by atoms with Crippen LogP contribution in [-0.4, -0.2) is 9.13 Å². The Bertz CT molecular complexity index is 3760. The minimum atomic E-state index is 0.891. The van der Waals surface area contributed by atoms with Gasteiger partial charge in [-0.15, -0.1) is 0 Å². The number of rotatable bonds is 4. The summed E-state index contributed by atoms with van der Waals surface area (Å²) in [5.41, 5.74) is 14.9. The van der Waals surface area contributed by atoms with E-state index in [9.17, 15) is 0 Å². The molecule has 4 aromatic heterocycles. The fraction of sp³-hybridized carbons (Fsp3) is 0. The number of para-hydroxylation sites is 6. The molecule has 4 heteroatoms. The molecule has 0 radical (unpaired) electrons. The second-order valence-corrected chi connectivity index (χ2v) is 15.3. The van der Waals surface area contributed by atoms with Crippen LogP contribution in [0.15, 0.2) is 203 Å². The van der Waals surface area contributed by atoms with E-state index in [-0.39, 0.29) is 0 Å². The number of benzene rings is 9. The molecule has 0 aliphatic rings. The molecule has 0 bridgehead atoms. The van der Waals surface area contributed by atoms with E-state index in [1.165, 1.54) is 38.1 Å². The molecule has 0 fully saturated rings. The van der Waals surface area contributed by atoms with Gasteiger partial charge in [-0.25, -0.2) is 0 Å². The van der Waals surface area contributed by atoms with Crippen molar-refractivity contribution in [3.63, 3.8) is 0 Å². The van der Waals surface area contributed by atoms with Crippen LogP contribution in [0, 0.1) is 0 Å². The van der Waals surface area contributed by atoms with Crippen molar-refractivity contribution in [1.82, 2.24) is 9.13 Å². The number of furan rings is 2. The van der Waals surface area contributed by atoms with Gasteiger partial charge in [-0.3, -0.25) is 0 Å². The Balaban J connectivity index is 1.09. The van der Waals surface area contributed by atoms with E-state index in [1.54, 1.807) is 0 Å². The molecule has 9 aromatic carbocycles. The maximum absolute atomic E-state index is 6.66. The Morgan fingerprint density at radius 2 is 0.741 bits per heavy atom. The van der Waals surface area contributed by atoms with E-state index >= 15 is 0 Å². The first-order valence-corrected chi connectivity index (χ1v) is 19.7. The predicted octanol–water partition coefficient (Wildman–Crippen LogP) is 15.0. The zero-order valence-corrected chi connectivity index (χ0v) is 31.2. The maximum Gasteiger partial charge on any atom is 0.143 e. The summed E-state index contributed by atoms with van der Waals surface area (Å²) >= 11 is 0. The molecule has 0 unspecified atom stereocenters. The van der Waals surface area contributed by atoms with Crippen LogP contribution in [0.4, 0.5) is 0 Å². The molecule has 0 N–H and O–H groups in total. The third kappa shape index (κ3) is 4.45. The average Bonchev–Trinajstić information content (AvgIpc) is 4.03. The third-order valence-corrected chi connectivity index (χ3v) is 12.1.